The summed E-state index contributed by atoms with van der Waals surface area (Å²) >= 11 is 0. The van der Waals surface area contributed by atoms with Crippen LogP contribution in [-0.2, 0) is 6.42 Å². The summed E-state index contributed by atoms with van der Waals surface area (Å²) in [6, 6.07) is 14.6. The molecule has 24 heavy (non-hydrogen) atoms. The van der Waals surface area contributed by atoms with Gasteiger partial charge in [0.2, 0.25) is 0 Å². The number of hydrogen-bond acceptors (Lipinski definition) is 3. The molecule has 0 saturated carbocycles. The Hall–Kier alpha value is -2.14. The summed E-state index contributed by atoms with van der Waals surface area (Å²) in [5.74, 6) is 1.00. The van der Waals surface area contributed by atoms with Crippen molar-refractivity contribution in [3.63, 3.8) is 0 Å². The fourth-order valence-corrected chi connectivity index (χ4v) is 3.54. The maximum absolute atomic E-state index is 12.2. The summed E-state index contributed by atoms with van der Waals surface area (Å²) in [7, 11) is 0. The molecule has 0 spiro atoms. The summed E-state index contributed by atoms with van der Waals surface area (Å²) in [4.78, 5) is 0. The number of fused-ring (bicyclic) bond motifs is 1. The predicted octanol–water partition coefficient (Wildman–Crippen LogP) is 2.22. The summed E-state index contributed by atoms with van der Waals surface area (Å²) in [5, 5.41) is 15.6. The van der Waals surface area contributed by atoms with E-state index in [4.69, 9.17) is 4.74 Å². The van der Waals surface area contributed by atoms with Gasteiger partial charge < -0.3 is 15.0 Å². The minimum atomic E-state index is -0.209. The number of hydroxylamine groups is 2. The van der Waals surface area contributed by atoms with E-state index in [9.17, 15) is 5.21 Å². The van der Waals surface area contributed by atoms with Crippen LogP contribution in [0, 0.1) is 5.21 Å². The van der Waals surface area contributed by atoms with E-state index in [1.165, 1.54) is 11.1 Å². The Balaban J connectivity index is 1.56. The molecule has 0 amide bonds. The normalized spacial score (nSPS) is 26.1. The van der Waals surface area contributed by atoms with Crippen molar-refractivity contribution in [2.75, 3.05) is 13.1 Å². The van der Waals surface area contributed by atoms with E-state index in [-0.39, 0.29) is 17.3 Å². The van der Waals surface area contributed by atoms with Gasteiger partial charge in [0.05, 0.1) is 0 Å². The zero-order chi connectivity index (χ0) is 16.7. The summed E-state index contributed by atoms with van der Waals surface area (Å²) < 4.78 is 5.76. The molecule has 4 rings (SSSR count). The van der Waals surface area contributed by atoms with E-state index in [0.717, 1.165) is 28.9 Å². The van der Waals surface area contributed by atoms with Crippen LogP contribution in [0.1, 0.15) is 24.2 Å². The number of benzene rings is 2. The topological polar surface area (TPSA) is 48.8 Å². The van der Waals surface area contributed by atoms with Gasteiger partial charge in [-0.15, -0.1) is 0 Å². The van der Waals surface area contributed by atoms with E-state index in [2.05, 4.69) is 49.2 Å². The Morgan fingerprint density at radius 3 is 2.67 bits per heavy atom. The lowest BCUT2D eigenvalue weighted by atomic mass is 9.99. The molecule has 1 saturated heterocycles. The molecule has 2 heterocycles. The first kappa shape index (κ1) is 15.4. The highest BCUT2D eigenvalue weighted by Crippen LogP contribution is 2.33. The summed E-state index contributed by atoms with van der Waals surface area (Å²) in [6.45, 7) is 7.17. The molecule has 0 aromatic heterocycles. The molecule has 0 aliphatic carbocycles. The lowest BCUT2D eigenvalue weighted by molar-refractivity contribution is -0.885. The first-order valence-electron chi connectivity index (χ1n) is 8.43. The highest BCUT2D eigenvalue weighted by atomic mass is 16.5. The third kappa shape index (κ3) is 2.84. The average molecular weight is 322 g/mol. The van der Waals surface area contributed by atoms with Crippen molar-refractivity contribution in [1.82, 2.24) is 5.32 Å². The monoisotopic (exact) mass is 322 g/mol. The van der Waals surface area contributed by atoms with Gasteiger partial charge in [-0.2, -0.15) is 0 Å². The number of nitrogens with one attached hydrogen (secondary N) is 2. The fourth-order valence-electron chi connectivity index (χ4n) is 3.54. The zero-order valence-corrected chi connectivity index (χ0v) is 13.8. The molecule has 2 aromatic carbocycles. The average Bonchev–Trinajstić information content (AvgIpc) is 2.94. The standard InChI is InChI=1S/C20H22N2O2/c1-13-11-21-20(22(23)12-13)16-5-3-15(4-6-16)17-7-8-19-18(10-17)9-14(2)24-19/h3-8,10,14,20-22H,1,9,11-12H2,2H3. The number of rotatable bonds is 2. The second-order valence-corrected chi connectivity index (χ2v) is 6.78. The molecule has 4 nitrogen and oxygen atoms in total. The van der Waals surface area contributed by atoms with Gasteiger partial charge in [-0.3, -0.25) is 5.32 Å². The third-order valence-electron chi connectivity index (χ3n) is 4.78. The minimum absolute atomic E-state index is 0.197. The van der Waals surface area contributed by atoms with Gasteiger partial charge in [0.15, 0.2) is 6.17 Å². The molecule has 2 aliphatic rings. The third-order valence-corrected chi connectivity index (χ3v) is 4.78. The maximum atomic E-state index is 12.2. The van der Waals surface area contributed by atoms with Crippen LogP contribution in [0.3, 0.4) is 0 Å². The summed E-state index contributed by atoms with van der Waals surface area (Å²) in [6.07, 6.45) is 1.01. The number of ether oxygens (including phenoxy) is 1. The second-order valence-electron chi connectivity index (χ2n) is 6.78. The molecule has 124 valence electrons. The maximum Gasteiger partial charge on any atom is 0.168 e. The summed E-state index contributed by atoms with van der Waals surface area (Å²) in [5.41, 5.74) is 5.60. The molecule has 0 radical (unpaired) electrons. The zero-order valence-electron chi connectivity index (χ0n) is 13.8. The Morgan fingerprint density at radius 2 is 1.92 bits per heavy atom. The lowest BCUT2D eigenvalue weighted by Crippen LogP contribution is -3.11. The van der Waals surface area contributed by atoms with Gasteiger partial charge in [0.25, 0.3) is 0 Å². The highest BCUT2D eigenvalue weighted by Gasteiger charge is 2.23. The van der Waals surface area contributed by atoms with E-state index in [1.807, 2.05) is 12.1 Å². The smallest absolute Gasteiger partial charge is 0.168 e. The first-order chi connectivity index (χ1) is 11.6. The van der Waals surface area contributed by atoms with Gasteiger partial charge in [0, 0.05) is 18.5 Å². The van der Waals surface area contributed by atoms with Crippen molar-refractivity contribution in [3.8, 4) is 16.9 Å². The van der Waals surface area contributed by atoms with Crippen molar-refractivity contribution in [1.29, 1.82) is 0 Å². The van der Waals surface area contributed by atoms with Crippen LogP contribution in [0.15, 0.2) is 54.6 Å². The first-order valence-corrected chi connectivity index (χ1v) is 8.43. The quantitative estimate of drug-likeness (QED) is 0.658. The molecule has 2 aromatic rings. The van der Waals surface area contributed by atoms with Crippen LogP contribution in [0.2, 0.25) is 0 Å². The number of hydrogen-bond donors (Lipinski definition) is 2. The highest BCUT2D eigenvalue weighted by molar-refractivity contribution is 5.66. The van der Waals surface area contributed by atoms with E-state index >= 15 is 0 Å². The van der Waals surface area contributed by atoms with E-state index in [1.54, 1.807) is 0 Å². The minimum Gasteiger partial charge on any atom is -0.633 e. The lowest BCUT2D eigenvalue weighted by Gasteiger charge is -2.37. The molecular formula is C20H22N2O2. The van der Waals surface area contributed by atoms with Crippen LogP contribution in [0.4, 0.5) is 0 Å². The Kier molecular flexibility index (Phi) is 3.88. The van der Waals surface area contributed by atoms with Gasteiger partial charge in [0.1, 0.15) is 18.4 Å². The Morgan fingerprint density at radius 1 is 1.17 bits per heavy atom. The largest absolute Gasteiger partial charge is 0.633 e. The van der Waals surface area contributed by atoms with Gasteiger partial charge in [-0.1, -0.05) is 36.9 Å². The Bertz CT molecular complexity index is 770. The van der Waals surface area contributed by atoms with Gasteiger partial charge in [-0.05, 0) is 41.3 Å². The van der Waals surface area contributed by atoms with E-state index in [0.29, 0.717) is 13.1 Å². The van der Waals surface area contributed by atoms with Crippen LogP contribution in [0.5, 0.6) is 5.75 Å². The van der Waals surface area contributed by atoms with Crippen molar-refractivity contribution in [3.05, 3.63) is 71.0 Å². The van der Waals surface area contributed by atoms with Gasteiger partial charge >= 0.3 is 0 Å². The molecule has 4 heteroatoms. The molecule has 2 aliphatic heterocycles. The Labute approximate surface area is 142 Å². The van der Waals surface area contributed by atoms with Crippen LogP contribution in [0.25, 0.3) is 11.1 Å². The van der Waals surface area contributed by atoms with Gasteiger partial charge in [-0.25, -0.2) is 0 Å². The fraction of sp³-hybridized carbons (Fsp3) is 0.300. The number of quaternary nitrogens is 1. The van der Waals surface area contributed by atoms with E-state index < -0.39 is 0 Å². The molecule has 0 bridgehead atoms. The molecule has 3 atom stereocenters. The van der Waals surface area contributed by atoms with Crippen LogP contribution < -0.4 is 15.1 Å². The van der Waals surface area contributed by atoms with Crippen molar-refractivity contribution in [2.45, 2.75) is 25.6 Å². The molecule has 1 fully saturated rings. The molecule has 2 N–H and O–H groups in total. The predicted molar refractivity (Wildman–Crippen MR) is 94.8 cm³/mol. The van der Waals surface area contributed by atoms with Crippen molar-refractivity contribution < 1.29 is 9.80 Å². The molecular weight excluding hydrogens is 300 g/mol. The van der Waals surface area contributed by atoms with Crippen LogP contribution in [-0.4, -0.2) is 19.2 Å². The molecule has 3 unspecified atom stereocenters. The second kappa shape index (κ2) is 6.06. The SMILES string of the molecule is C=C1CNC(c2ccc(-c3ccc4c(c3)CC(C)O4)cc2)[NH+]([O-])C1. The van der Waals surface area contributed by atoms with Crippen molar-refractivity contribution in [2.24, 2.45) is 0 Å². The van der Waals surface area contributed by atoms with Crippen LogP contribution >= 0.6 is 0 Å². The van der Waals surface area contributed by atoms with Crippen molar-refractivity contribution >= 4 is 0 Å².